The van der Waals surface area contributed by atoms with Gasteiger partial charge in [0.2, 0.25) is 5.91 Å². The average Bonchev–Trinajstić information content (AvgIpc) is 2.99. The second kappa shape index (κ2) is 6.31. The SMILES string of the molecule is COc1cc(CNc2ccc3c(c2)CCC(=O)N3)c2c(c1)C[C@H](C)O2. The molecule has 1 atom stereocenters. The first-order chi connectivity index (χ1) is 12.1. The summed E-state index contributed by atoms with van der Waals surface area (Å²) in [5.41, 5.74) is 5.44. The maximum Gasteiger partial charge on any atom is 0.224 e. The molecular weight excluding hydrogens is 316 g/mol. The average molecular weight is 338 g/mol. The van der Waals surface area contributed by atoms with Gasteiger partial charge in [-0.05, 0) is 49.2 Å². The number of fused-ring (bicyclic) bond motifs is 2. The van der Waals surface area contributed by atoms with Crippen LogP contribution in [0.1, 0.15) is 30.0 Å². The lowest BCUT2D eigenvalue weighted by molar-refractivity contribution is -0.116. The highest BCUT2D eigenvalue weighted by atomic mass is 16.5. The molecule has 0 aromatic heterocycles. The molecule has 0 spiro atoms. The summed E-state index contributed by atoms with van der Waals surface area (Å²) < 4.78 is 11.4. The first kappa shape index (κ1) is 15.8. The van der Waals surface area contributed by atoms with Crippen LogP contribution in [-0.4, -0.2) is 19.1 Å². The van der Waals surface area contributed by atoms with Gasteiger partial charge in [-0.2, -0.15) is 0 Å². The number of nitrogens with one attached hydrogen (secondary N) is 2. The molecule has 2 aliphatic heterocycles. The first-order valence-electron chi connectivity index (χ1n) is 8.65. The van der Waals surface area contributed by atoms with E-state index in [9.17, 15) is 4.79 Å². The second-order valence-electron chi connectivity index (χ2n) is 6.68. The van der Waals surface area contributed by atoms with Crippen LogP contribution in [0.4, 0.5) is 11.4 Å². The summed E-state index contributed by atoms with van der Waals surface area (Å²) >= 11 is 0. The van der Waals surface area contributed by atoms with E-state index in [-0.39, 0.29) is 12.0 Å². The highest BCUT2D eigenvalue weighted by Crippen LogP contribution is 2.36. The molecule has 25 heavy (non-hydrogen) atoms. The molecule has 2 heterocycles. The van der Waals surface area contributed by atoms with Crippen molar-refractivity contribution in [3.8, 4) is 11.5 Å². The number of aryl methyl sites for hydroxylation is 1. The number of carbonyl (C=O) groups excluding carboxylic acids is 1. The Labute approximate surface area is 147 Å². The molecule has 2 aromatic carbocycles. The molecule has 5 heteroatoms. The third kappa shape index (κ3) is 3.14. The molecule has 4 rings (SSSR count). The molecule has 1 amide bonds. The van der Waals surface area contributed by atoms with Crippen molar-refractivity contribution in [1.82, 2.24) is 0 Å². The van der Waals surface area contributed by atoms with Gasteiger partial charge in [-0.3, -0.25) is 4.79 Å². The number of rotatable bonds is 4. The summed E-state index contributed by atoms with van der Waals surface area (Å²) in [6.45, 7) is 2.75. The topological polar surface area (TPSA) is 59.6 Å². The smallest absolute Gasteiger partial charge is 0.224 e. The Morgan fingerprint density at radius 1 is 1.24 bits per heavy atom. The number of benzene rings is 2. The van der Waals surface area contributed by atoms with Crippen LogP contribution >= 0.6 is 0 Å². The number of hydrogen-bond donors (Lipinski definition) is 2. The van der Waals surface area contributed by atoms with Crippen molar-refractivity contribution in [3.05, 3.63) is 47.0 Å². The zero-order chi connectivity index (χ0) is 17.4. The number of methoxy groups -OCH3 is 1. The van der Waals surface area contributed by atoms with Crippen molar-refractivity contribution in [2.45, 2.75) is 38.8 Å². The van der Waals surface area contributed by atoms with Crippen LogP contribution in [-0.2, 0) is 24.2 Å². The van der Waals surface area contributed by atoms with Gasteiger partial charge in [0.1, 0.15) is 17.6 Å². The maximum absolute atomic E-state index is 11.5. The lowest BCUT2D eigenvalue weighted by atomic mass is 10.0. The van der Waals surface area contributed by atoms with E-state index >= 15 is 0 Å². The molecule has 0 fully saturated rings. The molecule has 0 radical (unpaired) electrons. The van der Waals surface area contributed by atoms with Crippen LogP contribution in [0.25, 0.3) is 0 Å². The van der Waals surface area contributed by atoms with Crippen LogP contribution in [0.15, 0.2) is 30.3 Å². The molecule has 2 N–H and O–H groups in total. The van der Waals surface area contributed by atoms with Crippen molar-refractivity contribution in [3.63, 3.8) is 0 Å². The number of amides is 1. The fourth-order valence-corrected chi connectivity index (χ4v) is 3.52. The fraction of sp³-hybridized carbons (Fsp3) is 0.350. The van der Waals surface area contributed by atoms with Crippen molar-refractivity contribution in [2.75, 3.05) is 17.7 Å². The Morgan fingerprint density at radius 3 is 2.96 bits per heavy atom. The summed E-state index contributed by atoms with van der Waals surface area (Å²) in [6.07, 6.45) is 2.45. The Morgan fingerprint density at radius 2 is 2.12 bits per heavy atom. The molecule has 130 valence electrons. The summed E-state index contributed by atoms with van der Waals surface area (Å²) in [4.78, 5) is 11.5. The van der Waals surface area contributed by atoms with Gasteiger partial charge in [0.25, 0.3) is 0 Å². The van der Waals surface area contributed by atoms with E-state index in [1.807, 2.05) is 18.2 Å². The van der Waals surface area contributed by atoms with Crippen molar-refractivity contribution < 1.29 is 14.3 Å². The Kier molecular flexibility index (Phi) is 3.99. The van der Waals surface area contributed by atoms with Crippen LogP contribution in [0.2, 0.25) is 0 Å². The standard InChI is InChI=1S/C20H22N2O3/c1-12-7-14-9-17(24-2)10-15(20(14)25-12)11-21-16-4-5-18-13(8-16)3-6-19(23)22-18/h4-5,8-10,12,21H,3,6-7,11H2,1-2H3,(H,22,23)/t12-/m0/s1. The zero-order valence-electron chi connectivity index (χ0n) is 14.5. The molecule has 2 aromatic rings. The van der Waals surface area contributed by atoms with Crippen LogP contribution < -0.4 is 20.1 Å². The molecular formula is C20H22N2O3. The van der Waals surface area contributed by atoms with E-state index in [1.54, 1.807) is 7.11 Å². The normalized spacial score (nSPS) is 18.0. The third-order valence-electron chi connectivity index (χ3n) is 4.76. The van der Waals surface area contributed by atoms with Gasteiger partial charge in [0.15, 0.2) is 0 Å². The van der Waals surface area contributed by atoms with Gasteiger partial charge in [-0.1, -0.05) is 0 Å². The van der Waals surface area contributed by atoms with Gasteiger partial charge in [0.05, 0.1) is 7.11 Å². The molecule has 0 saturated carbocycles. The highest BCUT2D eigenvalue weighted by Gasteiger charge is 2.23. The number of anilines is 2. The number of ether oxygens (including phenoxy) is 2. The van der Waals surface area contributed by atoms with Gasteiger partial charge >= 0.3 is 0 Å². The summed E-state index contributed by atoms with van der Waals surface area (Å²) in [7, 11) is 1.69. The number of hydrogen-bond acceptors (Lipinski definition) is 4. The second-order valence-corrected chi connectivity index (χ2v) is 6.68. The molecule has 2 aliphatic rings. The molecule has 5 nitrogen and oxygen atoms in total. The highest BCUT2D eigenvalue weighted by molar-refractivity contribution is 5.94. The zero-order valence-corrected chi connectivity index (χ0v) is 14.5. The van der Waals surface area contributed by atoms with Gasteiger partial charge in [0, 0.05) is 41.9 Å². The minimum atomic E-state index is 0.0893. The summed E-state index contributed by atoms with van der Waals surface area (Å²) in [5.74, 6) is 1.93. The molecule has 0 unspecified atom stereocenters. The van der Waals surface area contributed by atoms with E-state index in [1.165, 1.54) is 11.1 Å². The first-order valence-corrected chi connectivity index (χ1v) is 8.65. The quantitative estimate of drug-likeness (QED) is 0.895. The fourth-order valence-electron chi connectivity index (χ4n) is 3.52. The van der Waals surface area contributed by atoms with Crippen molar-refractivity contribution in [1.29, 1.82) is 0 Å². The van der Waals surface area contributed by atoms with E-state index in [0.717, 1.165) is 41.3 Å². The maximum atomic E-state index is 11.5. The predicted octanol–water partition coefficient (Wildman–Crippen LogP) is 3.52. The van der Waals surface area contributed by atoms with E-state index in [2.05, 4.69) is 29.7 Å². The molecule has 0 saturated heterocycles. The lowest BCUT2D eigenvalue weighted by Gasteiger charge is -2.18. The molecule has 0 aliphatic carbocycles. The van der Waals surface area contributed by atoms with Gasteiger partial charge in [-0.25, -0.2) is 0 Å². The Balaban J connectivity index is 1.54. The summed E-state index contributed by atoms with van der Waals surface area (Å²) in [5, 5.41) is 6.38. The number of carbonyl (C=O) groups is 1. The van der Waals surface area contributed by atoms with Gasteiger partial charge in [-0.15, -0.1) is 0 Å². The Hall–Kier alpha value is -2.69. The minimum absolute atomic E-state index is 0.0893. The molecule has 0 bridgehead atoms. The van der Waals surface area contributed by atoms with Crippen LogP contribution in [0.5, 0.6) is 11.5 Å². The predicted molar refractivity (Wildman–Crippen MR) is 97.5 cm³/mol. The lowest BCUT2D eigenvalue weighted by Crippen LogP contribution is -2.19. The van der Waals surface area contributed by atoms with Crippen molar-refractivity contribution in [2.24, 2.45) is 0 Å². The largest absolute Gasteiger partial charge is 0.497 e. The van der Waals surface area contributed by atoms with Crippen LogP contribution in [0, 0.1) is 0 Å². The van der Waals surface area contributed by atoms with E-state index in [4.69, 9.17) is 9.47 Å². The minimum Gasteiger partial charge on any atom is -0.497 e. The summed E-state index contributed by atoms with van der Waals surface area (Å²) in [6, 6.07) is 10.2. The van der Waals surface area contributed by atoms with E-state index < -0.39 is 0 Å². The monoisotopic (exact) mass is 338 g/mol. The van der Waals surface area contributed by atoms with Gasteiger partial charge < -0.3 is 20.1 Å². The van der Waals surface area contributed by atoms with Crippen molar-refractivity contribution >= 4 is 17.3 Å². The van der Waals surface area contributed by atoms with Crippen LogP contribution in [0.3, 0.4) is 0 Å². The third-order valence-corrected chi connectivity index (χ3v) is 4.76. The Bertz CT molecular complexity index is 832. The van der Waals surface area contributed by atoms with E-state index in [0.29, 0.717) is 13.0 Å².